The zero-order chi connectivity index (χ0) is 21.5. The molecule has 2 heteroatoms. The summed E-state index contributed by atoms with van der Waals surface area (Å²) in [6.45, 7) is 5.33. The van der Waals surface area contributed by atoms with Crippen molar-refractivity contribution in [2.24, 2.45) is 5.41 Å². The van der Waals surface area contributed by atoms with Crippen molar-refractivity contribution >= 4 is 0 Å². The third kappa shape index (κ3) is 8.71. The molecule has 0 heterocycles. The second kappa shape index (κ2) is 14.5. The Morgan fingerprint density at radius 2 is 1.50 bits per heavy atom. The Hall–Kier alpha value is -1.49. The molecule has 0 spiro atoms. The van der Waals surface area contributed by atoms with Crippen LogP contribution in [0.2, 0.25) is 0 Å². The van der Waals surface area contributed by atoms with Crippen LogP contribution in [0.15, 0.2) is 24.3 Å². The predicted molar refractivity (Wildman–Crippen MR) is 128 cm³/mol. The summed E-state index contributed by atoms with van der Waals surface area (Å²) >= 11 is 0. The van der Waals surface area contributed by atoms with Gasteiger partial charge in [-0.25, -0.2) is 0 Å². The smallest absolute Gasteiger partial charge is 0.119 e. The van der Waals surface area contributed by atoms with Crippen molar-refractivity contribution in [2.45, 2.75) is 122 Å². The van der Waals surface area contributed by atoms with Crippen LogP contribution in [-0.2, 0) is 0 Å². The van der Waals surface area contributed by atoms with Crippen molar-refractivity contribution in [2.75, 3.05) is 6.61 Å². The molecule has 1 aliphatic rings. The minimum absolute atomic E-state index is 0.0114. The van der Waals surface area contributed by atoms with E-state index in [4.69, 9.17) is 4.74 Å². The van der Waals surface area contributed by atoms with Gasteiger partial charge in [0.05, 0.1) is 18.6 Å². The Labute approximate surface area is 186 Å². The van der Waals surface area contributed by atoms with Crippen LogP contribution >= 0.6 is 0 Å². The van der Waals surface area contributed by atoms with Crippen LogP contribution in [0.5, 0.6) is 5.75 Å². The normalized spacial score (nSPS) is 16.7. The number of hydrogen-bond donors (Lipinski definition) is 0. The van der Waals surface area contributed by atoms with Gasteiger partial charge >= 0.3 is 0 Å². The summed E-state index contributed by atoms with van der Waals surface area (Å²) in [5.41, 5.74) is 1.56. The topological polar surface area (TPSA) is 33.0 Å². The van der Waals surface area contributed by atoms with Crippen molar-refractivity contribution in [1.29, 1.82) is 5.26 Å². The molecule has 1 unspecified atom stereocenters. The molecule has 0 N–H and O–H groups in total. The van der Waals surface area contributed by atoms with E-state index in [1.165, 1.54) is 95.5 Å². The first kappa shape index (κ1) is 24.8. The zero-order valence-electron chi connectivity index (χ0n) is 19.8. The maximum absolute atomic E-state index is 9.95. The average Bonchev–Trinajstić information content (AvgIpc) is 2.78. The average molecular weight is 412 g/mol. The molecule has 0 aromatic heterocycles. The highest BCUT2D eigenvalue weighted by molar-refractivity contribution is 5.32. The van der Waals surface area contributed by atoms with Crippen LogP contribution in [0.25, 0.3) is 0 Å². The molecule has 1 fully saturated rings. The third-order valence-electron chi connectivity index (χ3n) is 7.07. The predicted octanol–water partition coefficient (Wildman–Crippen LogP) is 8.95. The first-order chi connectivity index (χ1) is 14.7. The molecule has 0 aliphatic heterocycles. The number of hydrogen-bond acceptors (Lipinski definition) is 2. The standard InChI is InChI=1S/C28H45NO/c1-3-5-7-8-9-14-22-30-27-17-15-25(16-18-27)26(24-29)23-28(19-11-6-4-2)20-12-10-13-21-28/h15-18,26H,3-14,19-23H2,1-2H3. The monoisotopic (exact) mass is 411 g/mol. The summed E-state index contributed by atoms with van der Waals surface area (Å²) in [7, 11) is 0. The number of nitriles is 1. The molecule has 2 rings (SSSR count). The minimum atomic E-state index is 0.0114. The van der Waals surface area contributed by atoms with E-state index in [-0.39, 0.29) is 5.92 Å². The summed E-state index contributed by atoms with van der Waals surface area (Å²) in [4.78, 5) is 0. The Morgan fingerprint density at radius 3 is 2.17 bits per heavy atom. The highest BCUT2D eigenvalue weighted by Crippen LogP contribution is 2.47. The molecule has 0 bridgehead atoms. The minimum Gasteiger partial charge on any atom is -0.494 e. The van der Waals surface area contributed by atoms with Gasteiger partial charge in [0.15, 0.2) is 0 Å². The van der Waals surface area contributed by atoms with Gasteiger partial charge in [0.1, 0.15) is 5.75 Å². The highest BCUT2D eigenvalue weighted by Gasteiger charge is 2.34. The number of benzene rings is 1. The van der Waals surface area contributed by atoms with Crippen molar-refractivity contribution in [3.63, 3.8) is 0 Å². The lowest BCUT2D eigenvalue weighted by atomic mass is 9.65. The number of ether oxygens (including phenoxy) is 1. The van der Waals surface area contributed by atoms with Crippen LogP contribution in [0, 0.1) is 16.7 Å². The lowest BCUT2D eigenvalue weighted by Crippen LogP contribution is -2.26. The molecule has 2 nitrogen and oxygen atoms in total. The molecule has 0 amide bonds. The second-order valence-corrected chi connectivity index (χ2v) is 9.59. The zero-order valence-corrected chi connectivity index (χ0v) is 19.8. The van der Waals surface area contributed by atoms with Crippen molar-refractivity contribution < 1.29 is 4.74 Å². The van der Waals surface area contributed by atoms with E-state index in [0.717, 1.165) is 25.2 Å². The molecule has 1 aromatic carbocycles. The Bertz CT molecular complexity index is 594. The second-order valence-electron chi connectivity index (χ2n) is 9.59. The fourth-order valence-corrected chi connectivity index (χ4v) is 5.15. The van der Waals surface area contributed by atoms with Gasteiger partial charge in [-0.15, -0.1) is 0 Å². The van der Waals surface area contributed by atoms with E-state index in [0.29, 0.717) is 5.41 Å². The van der Waals surface area contributed by atoms with E-state index < -0.39 is 0 Å². The van der Waals surface area contributed by atoms with E-state index in [1.54, 1.807) is 0 Å². The molecule has 1 saturated carbocycles. The molecular weight excluding hydrogens is 366 g/mol. The molecule has 0 radical (unpaired) electrons. The fraction of sp³-hybridized carbons (Fsp3) is 0.750. The van der Waals surface area contributed by atoms with Crippen LogP contribution in [0.4, 0.5) is 0 Å². The van der Waals surface area contributed by atoms with E-state index >= 15 is 0 Å². The van der Waals surface area contributed by atoms with E-state index in [2.05, 4.69) is 44.2 Å². The van der Waals surface area contributed by atoms with Gasteiger partial charge in [0, 0.05) is 0 Å². The summed E-state index contributed by atoms with van der Waals surface area (Å²) in [6, 6.07) is 11.0. The van der Waals surface area contributed by atoms with Crippen LogP contribution in [0.3, 0.4) is 0 Å². The van der Waals surface area contributed by atoms with Gasteiger partial charge in [-0.2, -0.15) is 5.26 Å². The maximum Gasteiger partial charge on any atom is 0.119 e. The summed E-state index contributed by atoms with van der Waals surface area (Å²) < 4.78 is 5.93. The van der Waals surface area contributed by atoms with Gasteiger partial charge in [-0.05, 0) is 55.2 Å². The highest BCUT2D eigenvalue weighted by atomic mass is 16.5. The molecule has 1 aliphatic carbocycles. The number of nitrogens with zero attached hydrogens (tertiary/aromatic N) is 1. The largest absolute Gasteiger partial charge is 0.494 e. The van der Waals surface area contributed by atoms with Crippen LogP contribution in [-0.4, -0.2) is 6.61 Å². The Morgan fingerprint density at radius 1 is 0.867 bits per heavy atom. The van der Waals surface area contributed by atoms with Crippen molar-refractivity contribution in [1.82, 2.24) is 0 Å². The quantitative estimate of drug-likeness (QED) is 0.270. The SMILES string of the molecule is CCCCCCCCOc1ccc(C(C#N)CC2(CCCCC)CCCCC2)cc1. The first-order valence-corrected chi connectivity index (χ1v) is 12.9. The van der Waals surface area contributed by atoms with Crippen molar-refractivity contribution in [3.8, 4) is 11.8 Å². The molecule has 1 atom stereocenters. The number of rotatable bonds is 15. The summed E-state index contributed by atoms with van der Waals surface area (Å²) in [6.07, 6.45) is 20.6. The van der Waals surface area contributed by atoms with Gasteiger partial charge in [-0.1, -0.05) is 96.6 Å². The number of unbranched alkanes of at least 4 members (excludes halogenated alkanes) is 7. The third-order valence-corrected chi connectivity index (χ3v) is 7.07. The maximum atomic E-state index is 9.95. The van der Waals surface area contributed by atoms with E-state index in [9.17, 15) is 5.26 Å². The van der Waals surface area contributed by atoms with Crippen molar-refractivity contribution in [3.05, 3.63) is 29.8 Å². The summed E-state index contributed by atoms with van der Waals surface area (Å²) in [5.74, 6) is 0.955. The lowest BCUT2D eigenvalue weighted by Gasteiger charge is -2.39. The first-order valence-electron chi connectivity index (χ1n) is 12.9. The molecule has 1 aromatic rings. The van der Waals surface area contributed by atoms with E-state index in [1.807, 2.05) is 0 Å². The van der Waals surface area contributed by atoms with Crippen LogP contribution < -0.4 is 4.74 Å². The molecule has 168 valence electrons. The molecule has 0 saturated heterocycles. The molecular formula is C28H45NO. The fourth-order valence-electron chi connectivity index (χ4n) is 5.15. The Kier molecular flexibility index (Phi) is 12.0. The van der Waals surface area contributed by atoms with Gasteiger partial charge in [0.2, 0.25) is 0 Å². The van der Waals surface area contributed by atoms with Gasteiger partial charge in [0.25, 0.3) is 0 Å². The lowest BCUT2D eigenvalue weighted by molar-refractivity contribution is 0.147. The summed E-state index contributed by atoms with van der Waals surface area (Å²) in [5, 5.41) is 9.95. The van der Waals surface area contributed by atoms with Crippen LogP contribution in [0.1, 0.15) is 128 Å². The Balaban J connectivity index is 1.85. The van der Waals surface area contributed by atoms with Gasteiger partial charge < -0.3 is 4.74 Å². The molecule has 30 heavy (non-hydrogen) atoms. The van der Waals surface area contributed by atoms with Gasteiger partial charge in [-0.3, -0.25) is 0 Å².